The van der Waals surface area contributed by atoms with Crippen molar-refractivity contribution in [2.75, 3.05) is 13.2 Å². The van der Waals surface area contributed by atoms with E-state index in [0.717, 1.165) is 23.1 Å². The van der Waals surface area contributed by atoms with Crippen molar-refractivity contribution in [1.29, 1.82) is 0 Å². The molecular formula is C24H30F6N2O4. The first-order valence-corrected chi connectivity index (χ1v) is 11.8. The van der Waals surface area contributed by atoms with Crippen LogP contribution in [0.1, 0.15) is 57.1 Å². The highest BCUT2D eigenvalue weighted by Crippen LogP contribution is 2.48. The van der Waals surface area contributed by atoms with Gasteiger partial charge in [-0.05, 0) is 56.2 Å². The molecule has 0 unspecified atom stereocenters. The molecule has 2 amide bonds. The summed E-state index contributed by atoms with van der Waals surface area (Å²) in [5.74, 6) is -3.22. The maximum absolute atomic E-state index is 13.5. The zero-order chi connectivity index (χ0) is 26.9. The van der Waals surface area contributed by atoms with Crippen molar-refractivity contribution >= 4 is 11.8 Å². The molecule has 1 heterocycles. The third-order valence-corrected chi connectivity index (χ3v) is 7.38. The topological polar surface area (TPSA) is 78.9 Å². The molecule has 6 nitrogen and oxygen atoms in total. The van der Waals surface area contributed by atoms with Gasteiger partial charge in [-0.25, -0.2) is 0 Å². The summed E-state index contributed by atoms with van der Waals surface area (Å²) in [4.78, 5) is 26.6. The minimum atomic E-state index is -5.06. The minimum absolute atomic E-state index is 0.00967. The Bertz CT molecular complexity index is 959. The molecule has 1 aliphatic carbocycles. The number of carbonyl (C=O) groups is 2. The number of amides is 2. The Morgan fingerprint density at radius 3 is 2.31 bits per heavy atom. The molecule has 1 aliphatic heterocycles. The second-order valence-corrected chi connectivity index (χ2v) is 9.79. The lowest BCUT2D eigenvalue weighted by atomic mass is 9.74. The summed E-state index contributed by atoms with van der Waals surface area (Å²) < 4.78 is 84.8. The summed E-state index contributed by atoms with van der Waals surface area (Å²) in [6.45, 7) is 3.56. The van der Waals surface area contributed by atoms with Crippen molar-refractivity contribution in [3.05, 3.63) is 29.3 Å². The van der Waals surface area contributed by atoms with Crippen LogP contribution in [-0.2, 0) is 27.0 Å². The monoisotopic (exact) mass is 524 g/mol. The smallest absolute Gasteiger partial charge is 0.471 e. The second-order valence-electron chi connectivity index (χ2n) is 9.79. The van der Waals surface area contributed by atoms with E-state index >= 15 is 0 Å². The van der Waals surface area contributed by atoms with Gasteiger partial charge < -0.3 is 20.1 Å². The standard InChI is InChI=1S/C24H30F6N2O4/c1-14(2)22(20(34)31-13-15-11-16(23(25,26)27)3-4-19(15)33)8-5-18(12-22)32(21(35)24(28,29)30)17-6-9-36-10-7-17/h3-4,11,14,17-18,33H,5-10,12-13H2,1-2H3,(H,31,34)/t18-,22+/m1/s1. The fraction of sp³-hybridized carbons (Fsp3) is 0.667. The Kier molecular flexibility index (Phi) is 8.17. The highest BCUT2D eigenvalue weighted by atomic mass is 19.4. The zero-order valence-corrected chi connectivity index (χ0v) is 20.0. The van der Waals surface area contributed by atoms with Crippen LogP contribution >= 0.6 is 0 Å². The molecule has 2 N–H and O–H groups in total. The van der Waals surface area contributed by atoms with E-state index in [2.05, 4.69) is 5.32 Å². The minimum Gasteiger partial charge on any atom is -0.508 e. The molecule has 0 bridgehead atoms. The molecule has 202 valence electrons. The van der Waals surface area contributed by atoms with Crippen LogP contribution in [0.5, 0.6) is 5.75 Å². The Labute approximate surface area is 205 Å². The van der Waals surface area contributed by atoms with Crippen molar-refractivity contribution in [2.45, 2.75) is 76.9 Å². The van der Waals surface area contributed by atoms with Gasteiger partial charge in [0.15, 0.2) is 0 Å². The van der Waals surface area contributed by atoms with Gasteiger partial charge in [0.25, 0.3) is 0 Å². The molecule has 2 atom stereocenters. The van der Waals surface area contributed by atoms with E-state index in [1.54, 1.807) is 13.8 Å². The number of carbonyl (C=O) groups excluding carboxylic acids is 2. The SMILES string of the molecule is CC(C)[C@]1(C(=O)NCc2cc(C(F)(F)F)ccc2O)CC[C@@H](N(C(=O)C(F)(F)F)C2CCOCC2)C1. The molecule has 0 spiro atoms. The van der Waals surface area contributed by atoms with Gasteiger partial charge in [0.1, 0.15) is 5.75 Å². The first kappa shape index (κ1) is 28.1. The third kappa shape index (κ3) is 5.90. The predicted octanol–water partition coefficient (Wildman–Crippen LogP) is 4.79. The molecule has 0 aromatic heterocycles. The summed E-state index contributed by atoms with van der Waals surface area (Å²) in [6.07, 6.45) is -8.81. The Morgan fingerprint density at radius 1 is 1.11 bits per heavy atom. The lowest BCUT2D eigenvalue weighted by Gasteiger charge is -2.40. The third-order valence-electron chi connectivity index (χ3n) is 7.38. The number of phenols is 1. The number of ether oxygens (including phenoxy) is 1. The highest BCUT2D eigenvalue weighted by Gasteiger charge is 2.54. The lowest BCUT2D eigenvalue weighted by molar-refractivity contribution is -0.192. The zero-order valence-electron chi connectivity index (χ0n) is 20.0. The number of nitrogens with one attached hydrogen (secondary N) is 1. The summed E-state index contributed by atoms with van der Waals surface area (Å²) in [7, 11) is 0. The van der Waals surface area contributed by atoms with Gasteiger partial charge in [0.05, 0.1) is 11.0 Å². The van der Waals surface area contributed by atoms with Crippen molar-refractivity contribution < 1.29 is 45.8 Å². The van der Waals surface area contributed by atoms with Crippen LogP contribution in [0, 0.1) is 11.3 Å². The Balaban J connectivity index is 1.81. The Morgan fingerprint density at radius 2 is 1.75 bits per heavy atom. The molecule has 12 heteroatoms. The van der Waals surface area contributed by atoms with Crippen LogP contribution in [-0.4, -0.2) is 53.3 Å². The number of phenolic OH excluding ortho intramolecular Hbond substituents is 1. The molecule has 0 radical (unpaired) electrons. The van der Waals surface area contributed by atoms with Crippen molar-refractivity contribution in [1.82, 2.24) is 10.2 Å². The number of halogens is 6. The van der Waals surface area contributed by atoms with E-state index in [4.69, 9.17) is 4.74 Å². The largest absolute Gasteiger partial charge is 0.508 e. The van der Waals surface area contributed by atoms with Crippen LogP contribution in [0.3, 0.4) is 0 Å². The molecule has 1 saturated heterocycles. The first-order valence-electron chi connectivity index (χ1n) is 11.8. The highest BCUT2D eigenvalue weighted by molar-refractivity contribution is 5.85. The van der Waals surface area contributed by atoms with Gasteiger partial charge >= 0.3 is 18.3 Å². The average Bonchev–Trinajstić information content (AvgIpc) is 3.24. The molecule has 2 fully saturated rings. The van der Waals surface area contributed by atoms with E-state index < -0.39 is 53.0 Å². The first-order chi connectivity index (χ1) is 16.7. The Hall–Kier alpha value is -2.50. The second kappa shape index (κ2) is 10.5. The molecular weight excluding hydrogens is 494 g/mol. The maximum Gasteiger partial charge on any atom is 0.471 e. The van der Waals surface area contributed by atoms with E-state index in [1.165, 1.54) is 0 Å². The summed E-state index contributed by atoms with van der Waals surface area (Å²) >= 11 is 0. The number of benzene rings is 1. The van der Waals surface area contributed by atoms with Crippen molar-refractivity contribution in [2.24, 2.45) is 11.3 Å². The number of aromatic hydroxyl groups is 1. The normalized spacial score (nSPS) is 23.6. The molecule has 1 saturated carbocycles. The van der Waals surface area contributed by atoms with Crippen LogP contribution in [0.2, 0.25) is 0 Å². The van der Waals surface area contributed by atoms with Gasteiger partial charge in [-0.15, -0.1) is 0 Å². The van der Waals surface area contributed by atoms with Crippen LogP contribution < -0.4 is 5.32 Å². The van der Waals surface area contributed by atoms with E-state index in [0.29, 0.717) is 0 Å². The number of hydrogen-bond donors (Lipinski definition) is 2. The summed E-state index contributed by atoms with van der Waals surface area (Å²) in [6, 6.07) is 0.871. The average molecular weight is 525 g/mol. The van der Waals surface area contributed by atoms with Crippen molar-refractivity contribution in [3.63, 3.8) is 0 Å². The summed E-state index contributed by atoms with van der Waals surface area (Å²) in [5, 5.41) is 12.5. The van der Waals surface area contributed by atoms with Gasteiger partial charge in [0.2, 0.25) is 5.91 Å². The summed E-state index contributed by atoms with van der Waals surface area (Å²) in [5.41, 5.74) is -2.25. The molecule has 2 aliphatic rings. The predicted molar refractivity (Wildman–Crippen MR) is 117 cm³/mol. The van der Waals surface area contributed by atoms with Crippen LogP contribution in [0.15, 0.2) is 18.2 Å². The number of rotatable bonds is 6. The number of hydrogen-bond acceptors (Lipinski definition) is 4. The van der Waals surface area contributed by atoms with E-state index in [-0.39, 0.29) is 63.3 Å². The lowest BCUT2D eigenvalue weighted by Crippen LogP contribution is -2.54. The van der Waals surface area contributed by atoms with Gasteiger partial charge in [-0.1, -0.05) is 13.8 Å². The fourth-order valence-electron chi connectivity index (χ4n) is 5.27. The van der Waals surface area contributed by atoms with Gasteiger partial charge in [-0.3, -0.25) is 9.59 Å². The maximum atomic E-state index is 13.5. The van der Waals surface area contributed by atoms with Crippen LogP contribution in [0.4, 0.5) is 26.3 Å². The molecule has 36 heavy (non-hydrogen) atoms. The fourth-order valence-corrected chi connectivity index (χ4v) is 5.27. The van der Waals surface area contributed by atoms with E-state index in [9.17, 15) is 41.0 Å². The molecule has 1 aromatic carbocycles. The number of nitrogens with zero attached hydrogens (tertiary/aromatic N) is 1. The number of alkyl halides is 6. The van der Waals surface area contributed by atoms with Crippen LogP contribution in [0.25, 0.3) is 0 Å². The van der Waals surface area contributed by atoms with E-state index in [1.807, 2.05) is 0 Å². The van der Waals surface area contributed by atoms with Gasteiger partial charge in [-0.2, -0.15) is 26.3 Å². The molecule has 1 aromatic rings. The molecule has 3 rings (SSSR count). The van der Waals surface area contributed by atoms with Crippen molar-refractivity contribution in [3.8, 4) is 5.75 Å². The van der Waals surface area contributed by atoms with Gasteiger partial charge in [0, 0.05) is 37.4 Å². The quantitative estimate of drug-likeness (QED) is 0.525.